The monoisotopic (exact) mass is 406 g/mol. The van der Waals surface area contributed by atoms with Crippen LogP contribution in [0, 0.1) is 5.41 Å². The Balaban J connectivity index is 1.92. The van der Waals surface area contributed by atoms with E-state index in [-0.39, 0.29) is 5.56 Å². The molecule has 29 heavy (non-hydrogen) atoms. The fourth-order valence-corrected chi connectivity index (χ4v) is 2.99. The van der Waals surface area contributed by atoms with E-state index in [0.29, 0.717) is 34.3 Å². The summed E-state index contributed by atoms with van der Waals surface area (Å²) in [6.45, 7) is 4.46. The van der Waals surface area contributed by atoms with Crippen LogP contribution in [0.4, 0.5) is 5.69 Å². The fraction of sp³-hybridized carbons (Fsp3) is 0.0435. The summed E-state index contributed by atoms with van der Waals surface area (Å²) in [6, 6.07) is 21.2. The SMILES string of the molecule is C=C(c1cc(Cl)ccc1OCc1ccccc1)N(C=N)c1cccc(C(=O)O)c1. The highest BCUT2D eigenvalue weighted by atomic mass is 35.5. The molecule has 0 aliphatic carbocycles. The van der Waals surface area contributed by atoms with Gasteiger partial charge in [0.05, 0.1) is 17.6 Å². The average molecular weight is 407 g/mol. The Morgan fingerprint density at radius 1 is 1.10 bits per heavy atom. The van der Waals surface area contributed by atoms with Crippen LogP contribution in [0.3, 0.4) is 0 Å². The molecule has 0 aliphatic heterocycles. The van der Waals surface area contributed by atoms with Gasteiger partial charge in [-0.2, -0.15) is 0 Å². The summed E-state index contributed by atoms with van der Waals surface area (Å²) in [5, 5.41) is 17.6. The van der Waals surface area contributed by atoms with Crippen LogP contribution < -0.4 is 9.64 Å². The van der Waals surface area contributed by atoms with Crippen molar-refractivity contribution in [3.05, 3.63) is 101 Å². The molecule has 3 aromatic carbocycles. The van der Waals surface area contributed by atoms with E-state index in [1.807, 2.05) is 30.3 Å². The number of carboxylic acid groups (broad SMARTS) is 1. The lowest BCUT2D eigenvalue weighted by atomic mass is 10.1. The topological polar surface area (TPSA) is 73.6 Å². The van der Waals surface area contributed by atoms with Gasteiger partial charge >= 0.3 is 5.97 Å². The van der Waals surface area contributed by atoms with Gasteiger partial charge in [-0.05, 0) is 42.0 Å². The summed E-state index contributed by atoms with van der Waals surface area (Å²) >= 11 is 6.19. The van der Waals surface area contributed by atoms with E-state index >= 15 is 0 Å². The summed E-state index contributed by atoms with van der Waals surface area (Å²) < 4.78 is 5.98. The van der Waals surface area contributed by atoms with Crippen molar-refractivity contribution in [2.45, 2.75) is 6.61 Å². The molecule has 0 saturated carbocycles. The molecule has 146 valence electrons. The first-order valence-electron chi connectivity index (χ1n) is 8.78. The normalized spacial score (nSPS) is 10.2. The maximum Gasteiger partial charge on any atom is 0.335 e. The van der Waals surface area contributed by atoms with Gasteiger partial charge in [-0.1, -0.05) is 54.6 Å². The lowest BCUT2D eigenvalue weighted by Crippen LogP contribution is -2.19. The van der Waals surface area contributed by atoms with Crippen molar-refractivity contribution in [2.24, 2.45) is 0 Å². The molecule has 5 nitrogen and oxygen atoms in total. The van der Waals surface area contributed by atoms with E-state index in [2.05, 4.69) is 6.58 Å². The fourth-order valence-electron chi connectivity index (χ4n) is 2.82. The molecule has 0 aliphatic rings. The largest absolute Gasteiger partial charge is 0.488 e. The minimum Gasteiger partial charge on any atom is -0.488 e. The molecule has 6 heteroatoms. The van der Waals surface area contributed by atoms with E-state index in [1.54, 1.807) is 30.3 Å². The second-order valence-corrected chi connectivity index (χ2v) is 6.65. The van der Waals surface area contributed by atoms with Gasteiger partial charge in [0.25, 0.3) is 0 Å². The number of aromatic carboxylic acids is 1. The molecule has 0 unspecified atom stereocenters. The third kappa shape index (κ3) is 4.83. The molecule has 0 spiro atoms. The summed E-state index contributed by atoms with van der Waals surface area (Å²) in [7, 11) is 0. The van der Waals surface area contributed by atoms with Crippen LogP contribution in [0.2, 0.25) is 5.02 Å². The number of benzene rings is 3. The Bertz CT molecular complexity index is 1050. The van der Waals surface area contributed by atoms with Crippen LogP contribution in [0.25, 0.3) is 5.70 Å². The van der Waals surface area contributed by atoms with E-state index in [9.17, 15) is 9.90 Å². The summed E-state index contributed by atoms with van der Waals surface area (Å²) in [6.07, 6.45) is 1.07. The number of anilines is 1. The average Bonchev–Trinajstić information content (AvgIpc) is 2.74. The smallest absolute Gasteiger partial charge is 0.335 e. The van der Waals surface area contributed by atoms with Crippen LogP contribution in [-0.4, -0.2) is 17.4 Å². The molecule has 0 heterocycles. The quantitative estimate of drug-likeness (QED) is 0.371. The van der Waals surface area contributed by atoms with E-state index < -0.39 is 5.97 Å². The minimum absolute atomic E-state index is 0.119. The van der Waals surface area contributed by atoms with Gasteiger partial charge in [-0.25, -0.2) is 4.79 Å². The number of carboxylic acids is 1. The van der Waals surface area contributed by atoms with Crippen molar-refractivity contribution in [1.29, 1.82) is 5.41 Å². The van der Waals surface area contributed by atoms with E-state index in [1.165, 1.54) is 17.0 Å². The highest BCUT2D eigenvalue weighted by Crippen LogP contribution is 2.33. The number of nitrogens with zero attached hydrogens (tertiary/aromatic N) is 1. The van der Waals surface area contributed by atoms with Crippen molar-refractivity contribution >= 4 is 35.3 Å². The minimum atomic E-state index is -1.04. The van der Waals surface area contributed by atoms with Crippen molar-refractivity contribution in [3.63, 3.8) is 0 Å². The predicted octanol–water partition coefficient (Wildman–Crippen LogP) is 5.70. The van der Waals surface area contributed by atoms with E-state index in [0.717, 1.165) is 11.9 Å². The molecular formula is C23H19ClN2O3. The second-order valence-electron chi connectivity index (χ2n) is 6.22. The first-order valence-corrected chi connectivity index (χ1v) is 9.16. The van der Waals surface area contributed by atoms with Gasteiger partial charge in [0, 0.05) is 16.3 Å². The molecule has 0 amide bonds. The van der Waals surface area contributed by atoms with Crippen molar-refractivity contribution in [2.75, 3.05) is 4.90 Å². The van der Waals surface area contributed by atoms with Crippen LogP contribution in [0.5, 0.6) is 5.75 Å². The van der Waals surface area contributed by atoms with Gasteiger partial charge in [0.1, 0.15) is 12.4 Å². The number of ether oxygens (including phenoxy) is 1. The van der Waals surface area contributed by atoms with Crippen LogP contribution in [0.15, 0.2) is 79.4 Å². The molecule has 0 atom stereocenters. The standard InChI is InChI=1S/C23H19ClN2O3/c1-16(26(15-25)20-9-5-8-18(12-20)23(27)28)21-13-19(24)10-11-22(21)29-14-17-6-3-2-4-7-17/h2-13,15,25H,1,14H2,(H,27,28). The highest BCUT2D eigenvalue weighted by molar-refractivity contribution is 6.30. The molecule has 0 radical (unpaired) electrons. The zero-order valence-corrected chi connectivity index (χ0v) is 16.3. The summed E-state index contributed by atoms with van der Waals surface area (Å²) in [4.78, 5) is 12.8. The first kappa shape index (κ1) is 20.2. The maximum absolute atomic E-state index is 11.3. The summed E-state index contributed by atoms with van der Waals surface area (Å²) in [5.74, 6) is -0.485. The first-order chi connectivity index (χ1) is 14.0. The van der Waals surface area contributed by atoms with Gasteiger partial charge in [-0.3, -0.25) is 5.41 Å². The lowest BCUT2D eigenvalue weighted by Gasteiger charge is -2.24. The zero-order chi connectivity index (χ0) is 20.8. The zero-order valence-electron chi connectivity index (χ0n) is 15.5. The Hall–Kier alpha value is -3.57. The number of hydrogen-bond donors (Lipinski definition) is 2. The molecule has 0 saturated heterocycles. The maximum atomic E-state index is 11.3. The number of halogens is 1. The van der Waals surface area contributed by atoms with Gasteiger partial charge in [0.15, 0.2) is 0 Å². The van der Waals surface area contributed by atoms with Gasteiger partial charge in [-0.15, -0.1) is 0 Å². The Kier molecular flexibility index (Phi) is 6.32. The summed E-state index contributed by atoms with van der Waals surface area (Å²) in [5.41, 5.74) is 2.68. The number of nitrogens with one attached hydrogen (secondary N) is 1. The Morgan fingerprint density at radius 3 is 2.55 bits per heavy atom. The molecule has 2 N–H and O–H groups in total. The van der Waals surface area contributed by atoms with Crippen LogP contribution in [0.1, 0.15) is 21.5 Å². The predicted molar refractivity (Wildman–Crippen MR) is 116 cm³/mol. The third-order valence-corrected chi connectivity index (χ3v) is 4.52. The Labute approximate surface area is 173 Å². The highest BCUT2D eigenvalue weighted by Gasteiger charge is 2.17. The lowest BCUT2D eigenvalue weighted by molar-refractivity contribution is 0.0697. The molecule has 0 aromatic heterocycles. The third-order valence-electron chi connectivity index (χ3n) is 4.28. The van der Waals surface area contributed by atoms with Gasteiger partial charge in [0.2, 0.25) is 0 Å². The molecule has 3 rings (SSSR count). The van der Waals surface area contributed by atoms with E-state index in [4.69, 9.17) is 21.7 Å². The second kappa shape index (κ2) is 9.08. The van der Waals surface area contributed by atoms with Crippen LogP contribution in [-0.2, 0) is 6.61 Å². The van der Waals surface area contributed by atoms with Gasteiger partial charge < -0.3 is 14.7 Å². The number of rotatable bonds is 8. The molecule has 0 bridgehead atoms. The Morgan fingerprint density at radius 2 is 1.86 bits per heavy atom. The molecule has 3 aromatic rings. The van der Waals surface area contributed by atoms with Crippen molar-refractivity contribution in [3.8, 4) is 5.75 Å². The van der Waals surface area contributed by atoms with Crippen LogP contribution >= 0.6 is 11.6 Å². The number of hydrogen-bond acceptors (Lipinski definition) is 3. The molecule has 0 fully saturated rings. The molecular weight excluding hydrogens is 388 g/mol. The van der Waals surface area contributed by atoms with Crippen molar-refractivity contribution in [1.82, 2.24) is 0 Å². The van der Waals surface area contributed by atoms with Crippen molar-refractivity contribution < 1.29 is 14.6 Å². The number of carbonyl (C=O) groups is 1.